The van der Waals surface area contributed by atoms with Crippen molar-refractivity contribution in [2.75, 3.05) is 17.3 Å². The van der Waals surface area contributed by atoms with Crippen molar-refractivity contribution in [3.05, 3.63) is 11.8 Å². The fourth-order valence-corrected chi connectivity index (χ4v) is 2.51. The summed E-state index contributed by atoms with van der Waals surface area (Å²) in [5, 5.41) is 2.96. The van der Waals surface area contributed by atoms with Gasteiger partial charge in [0.15, 0.2) is 5.69 Å². The molecule has 0 aromatic carbocycles. The molecule has 112 valence electrons. The second-order valence-electron chi connectivity index (χ2n) is 5.15. The normalized spacial score (nSPS) is 22.9. The number of rotatable bonds is 4. The average molecular weight is 289 g/mol. The van der Waals surface area contributed by atoms with E-state index in [2.05, 4.69) is 27.6 Å². The van der Waals surface area contributed by atoms with Crippen LogP contribution in [0.4, 0.5) is 24.9 Å². The summed E-state index contributed by atoms with van der Waals surface area (Å²) in [4.78, 5) is 7.20. The first-order valence-corrected chi connectivity index (χ1v) is 6.57. The van der Waals surface area contributed by atoms with Gasteiger partial charge < -0.3 is 5.32 Å². The second-order valence-corrected chi connectivity index (χ2v) is 5.15. The minimum absolute atomic E-state index is 0.138. The van der Waals surface area contributed by atoms with E-state index in [1.807, 2.05) is 0 Å². The van der Waals surface area contributed by atoms with Crippen molar-refractivity contribution in [2.45, 2.75) is 32.4 Å². The maximum absolute atomic E-state index is 12.7. The van der Waals surface area contributed by atoms with E-state index in [0.29, 0.717) is 18.4 Å². The van der Waals surface area contributed by atoms with Crippen molar-refractivity contribution in [3.63, 3.8) is 0 Å². The molecule has 1 aliphatic carbocycles. The maximum Gasteiger partial charge on any atom is 0.433 e. The Hall–Kier alpha value is -1.57. The van der Waals surface area contributed by atoms with Gasteiger partial charge in [-0.15, -0.1) is 0 Å². The summed E-state index contributed by atoms with van der Waals surface area (Å²) < 4.78 is 38.1. The van der Waals surface area contributed by atoms with E-state index in [4.69, 9.17) is 5.84 Å². The number of hydrogen-bond acceptors (Lipinski definition) is 5. The lowest BCUT2D eigenvalue weighted by atomic mass is 9.98. The van der Waals surface area contributed by atoms with Crippen LogP contribution in [0.5, 0.6) is 0 Å². The van der Waals surface area contributed by atoms with Crippen LogP contribution in [0.2, 0.25) is 0 Å². The summed E-state index contributed by atoms with van der Waals surface area (Å²) >= 11 is 0. The van der Waals surface area contributed by atoms with Crippen LogP contribution in [-0.4, -0.2) is 16.5 Å². The lowest BCUT2D eigenvalue weighted by Crippen LogP contribution is -2.20. The van der Waals surface area contributed by atoms with E-state index >= 15 is 0 Å². The predicted octanol–water partition coefficient (Wildman–Crippen LogP) is 2.63. The van der Waals surface area contributed by atoms with Gasteiger partial charge in [-0.3, -0.25) is 5.43 Å². The molecule has 5 nitrogen and oxygen atoms in total. The molecule has 0 aliphatic heterocycles. The van der Waals surface area contributed by atoms with Gasteiger partial charge in [-0.25, -0.2) is 10.8 Å². The van der Waals surface area contributed by atoms with Crippen molar-refractivity contribution >= 4 is 11.8 Å². The number of nitrogens with zero attached hydrogens (tertiary/aromatic N) is 2. The standard InChI is InChI=1S/C12H18F3N5/c1-7-3-2-4-8(7)6-17-10-5-9(12(13,14)15)18-11(19-10)20-16/h5,7-8H,2-4,6,16H2,1H3,(H2,17,18,19,20). The van der Waals surface area contributed by atoms with E-state index < -0.39 is 11.9 Å². The predicted molar refractivity (Wildman–Crippen MR) is 69.8 cm³/mol. The molecule has 4 N–H and O–H groups in total. The molecule has 20 heavy (non-hydrogen) atoms. The van der Waals surface area contributed by atoms with Gasteiger partial charge in [-0.05, 0) is 18.3 Å². The smallest absolute Gasteiger partial charge is 0.370 e. The first kappa shape index (κ1) is 14.8. The van der Waals surface area contributed by atoms with Crippen LogP contribution in [0.15, 0.2) is 6.07 Å². The molecule has 8 heteroatoms. The lowest BCUT2D eigenvalue weighted by molar-refractivity contribution is -0.141. The second kappa shape index (κ2) is 5.82. The molecule has 1 aromatic heterocycles. The van der Waals surface area contributed by atoms with Crippen LogP contribution in [0.3, 0.4) is 0 Å². The van der Waals surface area contributed by atoms with Gasteiger partial charge in [0, 0.05) is 12.6 Å². The van der Waals surface area contributed by atoms with E-state index in [0.717, 1.165) is 12.5 Å². The number of nitrogen functional groups attached to an aromatic ring is 1. The van der Waals surface area contributed by atoms with E-state index in [-0.39, 0.29) is 11.8 Å². The first-order valence-electron chi connectivity index (χ1n) is 6.57. The Morgan fingerprint density at radius 1 is 1.35 bits per heavy atom. The van der Waals surface area contributed by atoms with Gasteiger partial charge in [-0.2, -0.15) is 18.2 Å². The highest BCUT2D eigenvalue weighted by atomic mass is 19.4. The van der Waals surface area contributed by atoms with Crippen LogP contribution in [-0.2, 0) is 6.18 Å². The highest BCUT2D eigenvalue weighted by Crippen LogP contribution is 2.32. The van der Waals surface area contributed by atoms with Crippen molar-refractivity contribution in [1.82, 2.24) is 9.97 Å². The third-order valence-electron chi connectivity index (χ3n) is 3.73. The van der Waals surface area contributed by atoms with Crippen molar-refractivity contribution < 1.29 is 13.2 Å². The average Bonchev–Trinajstić information content (AvgIpc) is 2.80. The number of alkyl halides is 3. The van der Waals surface area contributed by atoms with Gasteiger partial charge in [0.05, 0.1) is 0 Å². The fourth-order valence-electron chi connectivity index (χ4n) is 2.51. The van der Waals surface area contributed by atoms with Crippen LogP contribution in [0.25, 0.3) is 0 Å². The molecule has 0 bridgehead atoms. The molecule has 1 heterocycles. The number of anilines is 2. The third-order valence-corrected chi connectivity index (χ3v) is 3.73. The van der Waals surface area contributed by atoms with Crippen LogP contribution >= 0.6 is 0 Å². The van der Waals surface area contributed by atoms with Crippen LogP contribution < -0.4 is 16.6 Å². The molecule has 2 unspecified atom stereocenters. The molecule has 2 rings (SSSR count). The summed E-state index contributed by atoms with van der Waals surface area (Å²) in [5.74, 6) is 6.04. The first-order chi connectivity index (χ1) is 9.40. The van der Waals surface area contributed by atoms with Crippen molar-refractivity contribution in [1.29, 1.82) is 0 Å². The van der Waals surface area contributed by atoms with Crippen molar-refractivity contribution in [2.24, 2.45) is 17.7 Å². The summed E-state index contributed by atoms with van der Waals surface area (Å²) in [7, 11) is 0. The molecule has 1 saturated carbocycles. The number of halogens is 3. The number of nitrogens with one attached hydrogen (secondary N) is 2. The Morgan fingerprint density at radius 3 is 2.65 bits per heavy atom. The van der Waals surface area contributed by atoms with E-state index in [9.17, 15) is 13.2 Å². The zero-order valence-corrected chi connectivity index (χ0v) is 11.2. The molecule has 0 spiro atoms. The van der Waals surface area contributed by atoms with Gasteiger partial charge in [-0.1, -0.05) is 19.8 Å². The Kier molecular flexibility index (Phi) is 4.32. The van der Waals surface area contributed by atoms with E-state index in [1.165, 1.54) is 12.8 Å². The zero-order valence-electron chi connectivity index (χ0n) is 11.2. The number of aromatic nitrogens is 2. The Morgan fingerprint density at radius 2 is 2.10 bits per heavy atom. The summed E-state index contributed by atoms with van der Waals surface area (Å²) in [6.45, 7) is 2.77. The van der Waals surface area contributed by atoms with E-state index in [1.54, 1.807) is 0 Å². The summed E-state index contributed by atoms with van der Waals surface area (Å²) in [5.41, 5.74) is 1.04. The molecule has 1 aromatic rings. The Bertz CT molecular complexity index is 463. The van der Waals surface area contributed by atoms with Gasteiger partial charge in [0.1, 0.15) is 5.82 Å². The number of hydrogen-bond donors (Lipinski definition) is 3. The summed E-state index contributed by atoms with van der Waals surface area (Å²) in [6, 6.07) is 0.903. The molecule has 0 saturated heterocycles. The Labute approximate surface area is 115 Å². The van der Waals surface area contributed by atoms with Gasteiger partial charge >= 0.3 is 6.18 Å². The number of nitrogens with two attached hydrogens (primary N) is 1. The fraction of sp³-hybridized carbons (Fsp3) is 0.667. The minimum atomic E-state index is -4.52. The molecule has 0 amide bonds. The maximum atomic E-state index is 12.7. The third kappa shape index (κ3) is 3.50. The highest BCUT2D eigenvalue weighted by molar-refractivity contribution is 5.42. The molecular formula is C12H18F3N5. The topological polar surface area (TPSA) is 75.9 Å². The Balaban J connectivity index is 2.10. The lowest BCUT2D eigenvalue weighted by Gasteiger charge is -2.17. The molecular weight excluding hydrogens is 271 g/mol. The molecule has 2 atom stereocenters. The zero-order chi connectivity index (χ0) is 14.8. The largest absolute Gasteiger partial charge is 0.433 e. The van der Waals surface area contributed by atoms with Crippen LogP contribution in [0.1, 0.15) is 31.9 Å². The SMILES string of the molecule is CC1CCCC1CNc1cc(C(F)(F)F)nc(NN)n1. The highest BCUT2D eigenvalue weighted by Gasteiger charge is 2.34. The summed E-state index contributed by atoms with van der Waals surface area (Å²) in [6.07, 6.45) is -1.10. The molecule has 1 fully saturated rings. The number of hydrazine groups is 1. The van der Waals surface area contributed by atoms with Crippen molar-refractivity contribution in [3.8, 4) is 0 Å². The van der Waals surface area contributed by atoms with Crippen LogP contribution in [0, 0.1) is 11.8 Å². The quantitative estimate of drug-likeness (QED) is 0.587. The monoisotopic (exact) mass is 289 g/mol. The van der Waals surface area contributed by atoms with Gasteiger partial charge in [0.25, 0.3) is 0 Å². The minimum Gasteiger partial charge on any atom is -0.370 e. The molecule has 1 aliphatic rings. The molecule has 0 radical (unpaired) electrons. The van der Waals surface area contributed by atoms with Gasteiger partial charge in [0.2, 0.25) is 5.95 Å².